The Morgan fingerprint density at radius 1 is 0.971 bits per heavy atom. The monoisotopic (exact) mass is 492 g/mol. The van der Waals surface area contributed by atoms with Crippen molar-refractivity contribution in [1.29, 1.82) is 0 Å². The molecule has 4 rings (SSSR count). The number of aryl methyl sites for hydroxylation is 2. The molecule has 1 N–H and O–H groups in total. The fourth-order valence-electron chi connectivity index (χ4n) is 4.45. The van der Waals surface area contributed by atoms with Crippen LogP contribution in [0.2, 0.25) is 0 Å². The predicted octanol–water partition coefficient (Wildman–Crippen LogP) is 5.83. The van der Waals surface area contributed by atoms with Crippen LogP contribution in [0.1, 0.15) is 46.6 Å². The number of hydrogen-bond acceptors (Lipinski definition) is 3. The zero-order valence-electron chi connectivity index (χ0n) is 19.9. The number of benzene rings is 3. The van der Waals surface area contributed by atoms with Gasteiger partial charge in [0.05, 0.1) is 4.90 Å². The van der Waals surface area contributed by atoms with Crippen LogP contribution in [0.5, 0.6) is 0 Å². The number of carbonyl (C=O) groups is 1. The number of para-hydroxylation sites is 1. The van der Waals surface area contributed by atoms with Gasteiger partial charge < -0.3 is 9.88 Å². The van der Waals surface area contributed by atoms with E-state index < -0.39 is 20.9 Å². The summed E-state index contributed by atoms with van der Waals surface area (Å²) in [6.07, 6.45) is 1.91. The minimum atomic E-state index is -3.90. The van der Waals surface area contributed by atoms with E-state index in [1.807, 2.05) is 35.8 Å². The number of carbonyl (C=O) groups excluding carboxylic acids is 1. The molecule has 1 atom stereocenters. The molecule has 0 aliphatic rings. The molecule has 5 nitrogen and oxygen atoms in total. The summed E-state index contributed by atoms with van der Waals surface area (Å²) in [5.74, 6) is -0.825. The van der Waals surface area contributed by atoms with E-state index in [9.17, 15) is 17.6 Å². The molecule has 1 heterocycles. The van der Waals surface area contributed by atoms with Crippen LogP contribution in [0, 0.1) is 12.7 Å². The second kappa shape index (κ2) is 10.4. The summed E-state index contributed by atoms with van der Waals surface area (Å²) < 4.78 is 42.5. The van der Waals surface area contributed by atoms with Gasteiger partial charge in [-0.2, -0.15) is 0 Å². The lowest BCUT2D eigenvalue weighted by Crippen LogP contribution is -2.33. The van der Waals surface area contributed by atoms with Crippen LogP contribution in [0.3, 0.4) is 0 Å². The van der Waals surface area contributed by atoms with Gasteiger partial charge in [-0.05, 0) is 54.8 Å². The lowest BCUT2D eigenvalue weighted by Gasteiger charge is -2.20. The number of amides is 1. The molecule has 1 unspecified atom stereocenters. The topological polar surface area (TPSA) is 68.2 Å². The van der Waals surface area contributed by atoms with Crippen LogP contribution < -0.4 is 5.32 Å². The maximum atomic E-state index is 13.5. The van der Waals surface area contributed by atoms with E-state index in [0.29, 0.717) is 17.8 Å². The van der Waals surface area contributed by atoms with E-state index in [0.717, 1.165) is 41.4 Å². The Hall–Kier alpha value is -3.45. The first-order chi connectivity index (χ1) is 16.8. The minimum Gasteiger partial charge on any atom is -0.349 e. The van der Waals surface area contributed by atoms with Gasteiger partial charge in [-0.25, -0.2) is 12.8 Å². The van der Waals surface area contributed by atoms with E-state index in [4.69, 9.17) is 0 Å². The number of fused-ring (bicyclic) bond motifs is 1. The highest BCUT2D eigenvalue weighted by molar-refractivity contribution is 7.91. The van der Waals surface area contributed by atoms with E-state index in [-0.39, 0.29) is 17.3 Å². The lowest BCUT2D eigenvalue weighted by molar-refractivity contribution is 0.0944. The normalized spacial score (nSPS) is 12.5. The lowest BCUT2D eigenvalue weighted by atomic mass is 10.1. The number of rotatable bonds is 9. The first kappa shape index (κ1) is 24.7. The first-order valence-electron chi connectivity index (χ1n) is 11.7. The summed E-state index contributed by atoms with van der Waals surface area (Å²) in [6, 6.07) is 21.4. The Balaban J connectivity index is 1.69. The highest BCUT2D eigenvalue weighted by Crippen LogP contribution is 2.30. The maximum Gasteiger partial charge on any atom is 0.268 e. The standard InChI is InChI=1S/C28H29FN2O3S/c1-3-4-18-31-25-13-9-8-12-24(25)20(2)27(31)28(32)30-19-26(21-10-6-5-7-11-21)35(33,34)23-16-14-22(29)15-17-23/h5-17,26H,3-4,18-19H2,1-2H3,(H,30,32). The van der Waals surface area contributed by atoms with Gasteiger partial charge in [0.2, 0.25) is 0 Å². The van der Waals surface area contributed by atoms with E-state index >= 15 is 0 Å². The summed E-state index contributed by atoms with van der Waals surface area (Å²) in [5.41, 5.74) is 2.96. The average Bonchev–Trinajstić information content (AvgIpc) is 3.15. The number of halogens is 1. The second-order valence-corrected chi connectivity index (χ2v) is 10.7. The largest absolute Gasteiger partial charge is 0.349 e. The van der Waals surface area contributed by atoms with Crippen LogP contribution in [-0.2, 0) is 16.4 Å². The molecule has 4 aromatic rings. The molecule has 0 bridgehead atoms. The van der Waals surface area contributed by atoms with Gasteiger partial charge in [0.1, 0.15) is 16.8 Å². The van der Waals surface area contributed by atoms with Crippen molar-refractivity contribution in [1.82, 2.24) is 9.88 Å². The van der Waals surface area contributed by atoms with E-state index in [2.05, 4.69) is 12.2 Å². The first-order valence-corrected chi connectivity index (χ1v) is 13.3. The third-order valence-electron chi connectivity index (χ3n) is 6.31. The summed E-state index contributed by atoms with van der Waals surface area (Å²) in [6.45, 7) is 4.60. The van der Waals surface area contributed by atoms with Crippen molar-refractivity contribution in [2.45, 2.75) is 43.4 Å². The molecule has 0 saturated heterocycles. The van der Waals surface area contributed by atoms with Crippen molar-refractivity contribution >= 4 is 26.6 Å². The van der Waals surface area contributed by atoms with Gasteiger partial charge in [0, 0.05) is 24.0 Å². The second-order valence-electron chi connectivity index (χ2n) is 8.60. The van der Waals surface area contributed by atoms with Crippen molar-refractivity contribution in [3.8, 4) is 0 Å². The van der Waals surface area contributed by atoms with Crippen molar-refractivity contribution in [3.05, 3.63) is 102 Å². The van der Waals surface area contributed by atoms with Crippen LogP contribution in [0.15, 0.2) is 83.8 Å². The van der Waals surface area contributed by atoms with Crippen LogP contribution in [0.4, 0.5) is 4.39 Å². The molecule has 1 aromatic heterocycles. The molecule has 182 valence electrons. The van der Waals surface area contributed by atoms with Crippen molar-refractivity contribution < 1.29 is 17.6 Å². The molecule has 0 fully saturated rings. The molecule has 0 aliphatic carbocycles. The fraction of sp³-hybridized carbons (Fsp3) is 0.250. The molecule has 3 aromatic carbocycles. The number of unbranched alkanes of at least 4 members (excludes halogenated alkanes) is 1. The van der Waals surface area contributed by atoms with Gasteiger partial charge in [0.25, 0.3) is 5.91 Å². The van der Waals surface area contributed by atoms with Crippen molar-refractivity contribution in [2.24, 2.45) is 0 Å². The molecule has 0 aliphatic heterocycles. The Labute approximate surface area is 205 Å². The number of nitrogens with zero attached hydrogens (tertiary/aromatic N) is 1. The van der Waals surface area contributed by atoms with Crippen molar-refractivity contribution in [2.75, 3.05) is 6.54 Å². The van der Waals surface area contributed by atoms with Gasteiger partial charge in [-0.15, -0.1) is 0 Å². The minimum absolute atomic E-state index is 0.00948. The zero-order valence-corrected chi connectivity index (χ0v) is 20.7. The summed E-state index contributed by atoms with van der Waals surface area (Å²) >= 11 is 0. The highest BCUT2D eigenvalue weighted by atomic mass is 32.2. The third kappa shape index (κ3) is 5.00. The van der Waals surface area contributed by atoms with E-state index in [1.165, 1.54) is 12.1 Å². The Morgan fingerprint density at radius 3 is 2.31 bits per heavy atom. The van der Waals surface area contributed by atoms with Crippen LogP contribution >= 0.6 is 0 Å². The predicted molar refractivity (Wildman–Crippen MR) is 137 cm³/mol. The van der Waals surface area contributed by atoms with Crippen LogP contribution in [0.25, 0.3) is 10.9 Å². The number of hydrogen-bond donors (Lipinski definition) is 1. The van der Waals surface area contributed by atoms with Crippen molar-refractivity contribution in [3.63, 3.8) is 0 Å². The summed E-state index contributed by atoms with van der Waals surface area (Å²) in [7, 11) is -3.90. The smallest absolute Gasteiger partial charge is 0.268 e. The Kier molecular flexibility index (Phi) is 7.36. The molecule has 0 saturated carbocycles. The van der Waals surface area contributed by atoms with Gasteiger partial charge in [-0.3, -0.25) is 4.79 Å². The summed E-state index contributed by atoms with van der Waals surface area (Å²) in [5, 5.41) is 2.88. The molecule has 7 heteroatoms. The van der Waals surface area contributed by atoms with Gasteiger partial charge >= 0.3 is 0 Å². The highest BCUT2D eigenvalue weighted by Gasteiger charge is 2.30. The Morgan fingerprint density at radius 2 is 1.63 bits per heavy atom. The van der Waals surface area contributed by atoms with E-state index in [1.54, 1.807) is 30.3 Å². The molecular formula is C28H29FN2O3S. The zero-order chi connectivity index (χ0) is 25.0. The summed E-state index contributed by atoms with van der Waals surface area (Å²) in [4.78, 5) is 13.5. The number of sulfone groups is 1. The molecule has 35 heavy (non-hydrogen) atoms. The SMILES string of the molecule is CCCCn1c(C(=O)NCC(c2ccccc2)S(=O)(=O)c2ccc(F)cc2)c(C)c2ccccc21. The molecular weight excluding hydrogens is 463 g/mol. The average molecular weight is 493 g/mol. The number of nitrogens with one attached hydrogen (secondary N) is 1. The Bertz CT molecular complexity index is 1430. The fourth-order valence-corrected chi connectivity index (χ4v) is 6.11. The molecule has 1 amide bonds. The van der Waals surface area contributed by atoms with Gasteiger partial charge in [-0.1, -0.05) is 61.9 Å². The quantitative estimate of drug-likeness (QED) is 0.299. The third-order valence-corrected chi connectivity index (χ3v) is 8.43. The molecule has 0 spiro atoms. The van der Waals surface area contributed by atoms with Crippen LogP contribution in [-0.4, -0.2) is 25.4 Å². The molecule has 0 radical (unpaired) electrons. The maximum absolute atomic E-state index is 13.5. The van der Waals surface area contributed by atoms with Gasteiger partial charge in [0.15, 0.2) is 9.84 Å². The number of aromatic nitrogens is 1.